The van der Waals surface area contributed by atoms with E-state index < -0.39 is 19.4 Å². The maximum atomic E-state index is 10.4. The van der Waals surface area contributed by atoms with Gasteiger partial charge in [0.25, 0.3) is 5.85 Å². The Morgan fingerprint density at radius 1 is 1.64 bits per heavy atom. The molecule has 3 N–H and O–H groups in total. The van der Waals surface area contributed by atoms with Crippen LogP contribution in [0.2, 0.25) is 0 Å². The second kappa shape index (κ2) is 3.82. The van der Waals surface area contributed by atoms with E-state index in [2.05, 4.69) is 4.74 Å². The van der Waals surface area contributed by atoms with Crippen molar-refractivity contribution in [2.75, 3.05) is 6.61 Å². The largest absolute Gasteiger partial charge is 0.479 e. The predicted molar refractivity (Wildman–Crippen MR) is 35.1 cm³/mol. The molecule has 0 bridgehead atoms. The van der Waals surface area contributed by atoms with E-state index in [1.165, 1.54) is 6.92 Å². The first kappa shape index (κ1) is 10.6. The van der Waals surface area contributed by atoms with E-state index in [0.717, 1.165) is 0 Å². The van der Waals surface area contributed by atoms with Crippen LogP contribution in [0.25, 0.3) is 0 Å². The Labute approximate surface area is 63.0 Å². The van der Waals surface area contributed by atoms with Gasteiger partial charge in [-0.2, -0.15) is 0 Å². The standard InChI is InChI=1S/C4H9O6P/c1-2-10-4(3(5)6)11(7,8)9/h4H,2H2,1H3,(H,5,6)(H2,7,8,9). The van der Waals surface area contributed by atoms with Crippen LogP contribution >= 0.6 is 7.60 Å². The lowest BCUT2D eigenvalue weighted by atomic mass is 10.7. The highest BCUT2D eigenvalue weighted by Gasteiger charge is 2.36. The molecule has 11 heavy (non-hydrogen) atoms. The molecule has 0 saturated heterocycles. The first-order chi connectivity index (χ1) is 4.89. The van der Waals surface area contributed by atoms with E-state index in [1.807, 2.05) is 0 Å². The summed E-state index contributed by atoms with van der Waals surface area (Å²) in [5.41, 5.74) is 0. The number of hydrogen-bond acceptors (Lipinski definition) is 3. The van der Waals surface area contributed by atoms with Crippen molar-refractivity contribution in [2.24, 2.45) is 0 Å². The molecule has 1 unspecified atom stereocenters. The Balaban J connectivity index is 4.35. The van der Waals surface area contributed by atoms with Crippen molar-refractivity contribution in [1.82, 2.24) is 0 Å². The minimum absolute atomic E-state index is 0.0535. The fourth-order valence-corrected chi connectivity index (χ4v) is 1.10. The monoisotopic (exact) mass is 184 g/mol. The maximum absolute atomic E-state index is 10.4. The van der Waals surface area contributed by atoms with Crippen LogP contribution in [-0.4, -0.2) is 33.3 Å². The van der Waals surface area contributed by atoms with E-state index >= 15 is 0 Å². The summed E-state index contributed by atoms with van der Waals surface area (Å²) < 4.78 is 14.7. The molecule has 0 amide bonds. The maximum Gasteiger partial charge on any atom is 0.365 e. The minimum atomic E-state index is -4.67. The lowest BCUT2D eigenvalue weighted by Crippen LogP contribution is -2.23. The summed E-state index contributed by atoms with van der Waals surface area (Å²) in [6.07, 6.45) is 0. The second-order valence-corrected chi connectivity index (χ2v) is 3.38. The Morgan fingerprint density at radius 3 is 2.18 bits per heavy atom. The van der Waals surface area contributed by atoms with Crippen LogP contribution < -0.4 is 0 Å². The van der Waals surface area contributed by atoms with Crippen molar-refractivity contribution in [1.29, 1.82) is 0 Å². The summed E-state index contributed by atoms with van der Waals surface area (Å²) in [6.45, 7) is 1.40. The summed E-state index contributed by atoms with van der Waals surface area (Å²) in [7, 11) is -4.67. The number of carbonyl (C=O) groups is 1. The molecule has 66 valence electrons. The molecule has 0 aliphatic carbocycles. The number of carboxylic acids is 1. The van der Waals surface area contributed by atoms with Crippen molar-refractivity contribution in [3.63, 3.8) is 0 Å². The number of hydrogen-bond donors (Lipinski definition) is 3. The van der Waals surface area contributed by atoms with Gasteiger partial charge in [0.1, 0.15) is 0 Å². The molecule has 0 saturated carbocycles. The smallest absolute Gasteiger partial charge is 0.365 e. The quantitative estimate of drug-likeness (QED) is 0.514. The van der Waals surface area contributed by atoms with Gasteiger partial charge in [-0.3, -0.25) is 4.57 Å². The number of aliphatic carboxylic acids is 1. The van der Waals surface area contributed by atoms with E-state index in [4.69, 9.17) is 14.9 Å². The molecular weight excluding hydrogens is 175 g/mol. The fraction of sp³-hybridized carbons (Fsp3) is 0.750. The molecule has 1 atom stereocenters. The first-order valence-corrected chi connectivity index (χ1v) is 4.47. The molecule has 0 spiro atoms. The Morgan fingerprint density at radius 2 is 2.09 bits per heavy atom. The van der Waals surface area contributed by atoms with Gasteiger partial charge < -0.3 is 19.6 Å². The zero-order valence-electron chi connectivity index (χ0n) is 5.80. The highest BCUT2D eigenvalue weighted by molar-refractivity contribution is 7.53. The summed E-state index contributed by atoms with van der Waals surface area (Å²) in [5, 5.41) is 8.22. The van der Waals surface area contributed by atoms with Gasteiger partial charge in [0.15, 0.2) is 0 Å². The number of rotatable bonds is 4. The summed E-state index contributed by atoms with van der Waals surface area (Å²) >= 11 is 0. The van der Waals surface area contributed by atoms with Crippen LogP contribution in [0.15, 0.2) is 0 Å². The van der Waals surface area contributed by atoms with Gasteiger partial charge in [-0.1, -0.05) is 0 Å². The molecule has 0 rings (SSSR count). The van der Waals surface area contributed by atoms with E-state index in [9.17, 15) is 9.36 Å². The van der Waals surface area contributed by atoms with Gasteiger partial charge in [-0.15, -0.1) is 0 Å². The Hall–Kier alpha value is -0.420. The highest BCUT2D eigenvalue weighted by atomic mass is 31.2. The molecule has 0 aromatic carbocycles. The molecule has 0 heterocycles. The highest BCUT2D eigenvalue weighted by Crippen LogP contribution is 2.41. The average Bonchev–Trinajstić information content (AvgIpc) is 1.79. The lowest BCUT2D eigenvalue weighted by molar-refractivity contribution is -0.145. The van der Waals surface area contributed by atoms with E-state index in [1.54, 1.807) is 0 Å². The molecule has 0 aliphatic rings. The van der Waals surface area contributed by atoms with Crippen LogP contribution in [0.3, 0.4) is 0 Å². The lowest BCUT2D eigenvalue weighted by Gasteiger charge is -2.12. The molecule has 0 aromatic heterocycles. The van der Waals surface area contributed by atoms with Crippen LogP contribution in [0.5, 0.6) is 0 Å². The second-order valence-electron chi connectivity index (χ2n) is 1.74. The van der Waals surface area contributed by atoms with Crippen LogP contribution in [-0.2, 0) is 14.1 Å². The first-order valence-electron chi connectivity index (χ1n) is 2.79. The zero-order chi connectivity index (χ0) is 9.07. The van der Waals surface area contributed by atoms with Gasteiger partial charge >= 0.3 is 13.6 Å². The molecule has 0 aromatic rings. The third-order valence-corrected chi connectivity index (χ3v) is 1.82. The van der Waals surface area contributed by atoms with Crippen LogP contribution in [0.1, 0.15) is 6.92 Å². The van der Waals surface area contributed by atoms with Crippen molar-refractivity contribution >= 4 is 13.6 Å². The minimum Gasteiger partial charge on any atom is -0.479 e. The number of carboxylic acid groups (broad SMARTS) is 1. The van der Waals surface area contributed by atoms with Crippen LogP contribution in [0.4, 0.5) is 0 Å². The van der Waals surface area contributed by atoms with Gasteiger partial charge in [0.05, 0.1) is 0 Å². The summed E-state index contributed by atoms with van der Waals surface area (Å²) in [6, 6.07) is 0. The molecule has 0 radical (unpaired) electrons. The third kappa shape index (κ3) is 3.48. The molecule has 6 nitrogen and oxygen atoms in total. The Bertz CT molecular complexity index is 183. The van der Waals surface area contributed by atoms with Crippen molar-refractivity contribution in [2.45, 2.75) is 12.8 Å². The number of ether oxygens (including phenoxy) is 1. The summed E-state index contributed by atoms with van der Waals surface area (Å²) in [5.74, 6) is -3.69. The van der Waals surface area contributed by atoms with Gasteiger partial charge in [-0.05, 0) is 6.92 Å². The van der Waals surface area contributed by atoms with E-state index in [-0.39, 0.29) is 6.61 Å². The Kier molecular flexibility index (Phi) is 3.68. The van der Waals surface area contributed by atoms with Gasteiger partial charge in [-0.25, -0.2) is 4.79 Å². The van der Waals surface area contributed by atoms with Crippen LogP contribution in [0, 0.1) is 0 Å². The van der Waals surface area contributed by atoms with Crippen molar-refractivity contribution in [3.05, 3.63) is 0 Å². The predicted octanol–water partition coefficient (Wildman–Crippen LogP) is -0.389. The average molecular weight is 184 g/mol. The summed E-state index contributed by atoms with van der Waals surface area (Å²) in [4.78, 5) is 26.9. The van der Waals surface area contributed by atoms with Gasteiger partial charge in [0.2, 0.25) is 0 Å². The SMILES string of the molecule is CCOC(C(=O)O)P(=O)(O)O. The molecule has 0 aliphatic heterocycles. The van der Waals surface area contributed by atoms with Crippen molar-refractivity contribution < 1.29 is 29.0 Å². The normalized spacial score (nSPS) is 14.5. The molecule has 0 fully saturated rings. The molecular formula is C4H9O6P. The molecule has 7 heteroatoms. The third-order valence-electron chi connectivity index (χ3n) is 0.841. The van der Waals surface area contributed by atoms with E-state index in [0.29, 0.717) is 0 Å². The fourth-order valence-electron chi connectivity index (χ4n) is 0.470. The van der Waals surface area contributed by atoms with Crippen molar-refractivity contribution in [3.8, 4) is 0 Å². The zero-order valence-corrected chi connectivity index (χ0v) is 6.69. The van der Waals surface area contributed by atoms with Gasteiger partial charge in [0, 0.05) is 6.61 Å². The topological polar surface area (TPSA) is 104 Å².